The number of aromatic amines is 1. The summed E-state index contributed by atoms with van der Waals surface area (Å²) in [6.45, 7) is 6.98. The molecule has 2 atom stereocenters. The third kappa shape index (κ3) is 4.00. The Morgan fingerprint density at radius 3 is 2.58 bits per heavy atom. The van der Waals surface area contributed by atoms with Crippen LogP contribution >= 0.6 is 0 Å². The van der Waals surface area contributed by atoms with Crippen LogP contribution in [0.15, 0.2) is 42.5 Å². The molecular formula is C25H26F2N2O2. The number of H-pyrrole nitrogens is 1. The molecule has 31 heavy (non-hydrogen) atoms. The molecule has 4 rings (SSSR count). The van der Waals surface area contributed by atoms with E-state index in [4.69, 9.17) is 5.11 Å². The summed E-state index contributed by atoms with van der Waals surface area (Å²) in [4.78, 5) is 16.4. The molecule has 0 aliphatic carbocycles. The molecule has 0 spiro atoms. The highest BCUT2D eigenvalue weighted by atomic mass is 19.1. The molecule has 1 aliphatic heterocycles. The van der Waals surface area contributed by atoms with Crippen LogP contribution in [0.25, 0.3) is 17.0 Å². The summed E-state index contributed by atoms with van der Waals surface area (Å²) in [7, 11) is 0. The summed E-state index contributed by atoms with van der Waals surface area (Å²) >= 11 is 0. The Balaban J connectivity index is 1.91. The number of halogens is 2. The fourth-order valence-electron chi connectivity index (χ4n) is 4.65. The standard InChI is InChI=1S/C25H26F2N2O2/c1-14(2)13-29-15(3)10-18-17-6-4-5-7-21(17)28-24(18)25(29)23-19(26)11-16(12-20(23)27)8-9-22(30)31/h4-9,11-12,14-15,25,28H,10,13H2,1-3H3,(H,30,31). The number of aromatic nitrogens is 1. The molecule has 4 nitrogen and oxygen atoms in total. The van der Waals surface area contributed by atoms with Gasteiger partial charge in [-0.15, -0.1) is 0 Å². The number of benzene rings is 2. The largest absolute Gasteiger partial charge is 0.478 e. The summed E-state index contributed by atoms with van der Waals surface area (Å²) < 4.78 is 30.7. The molecule has 1 aliphatic rings. The van der Waals surface area contributed by atoms with Gasteiger partial charge in [-0.25, -0.2) is 13.6 Å². The van der Waals surface area contributed by atoms with Crippen molar-refractivity contribution in [2.75, 3.05) is 6.54 Å². The van der Waals surface area contributed by atoms with Crippen molar-refractivity contribution < 1.29 is 18.7 Å². The first-order valence-electron chi connectivity index (χ1n) is 10.5. The lowest BCUT2D eigenvalue weighted by atomic mass is 9.87. The number of carboxylic acid groups (broad SMARTS) is 1. The lowest BCUT2D eigenvalue weighted by Crippen LogP contribution is -2.45. The third-order valence-electron chi connectivity index (χ3n) is 5.89. The van der Waals surface area contributed by atoms with Crippen molar-refractivity contribution in [2.45, 2.75) is 39.3 Å². The first-order valence-corrected chi connectivity index (χ1v) is 10.5. The lowest BCUT2D eigenvalue weighted by molar-refractivity contribution is -0.131. The monoisotopic (exact) mass is 424 g/mol. The summed E-state index contributed by atoms with van der Waals surface area (Å²) in [6, 6.07) is 9.85. The van der Waals surface area contributed by atoms with Crippen LogP contribution in [0.1, 0.15) is 49.2 Å². The number of aliphatic carboxylic acids is 1. The van der Waals surface area contributed by atoms with Crippen LogP contribution in [0, 0.1) is 17.6 Å². The van der Waals surface area contributed by atoms with Gasteiger partial charge in [0.05, 0.1) is 6.04 Å². The Hall–Kier alpha value is -2.99. The minimum absolute atomic E-state index is 0.00696. The molecule has 0 amide bonds. The number of hydrogen-bond acceptors (Lipinski definition) is 2. The quantitative estimate of drug-likeness (QED) is 0.529. The summed E-state index contributed by atoms with van der Waals surface area (Å²) in [5.74, 6) is -2.21. The molecule has 2 unspecified atom stereocenters. The van der Waals surface area contributed by atoms with E-state index in [-0.39, 0.29) is 17.2 Å². The maximum Gasteiger partial charge on any atom is 0.328 e. The Morgan fingerprint density at radius 2 is 1.94 bits per heavy atom. The van der Waals surface area contributed by atoms with Crippen molar-refractivity contribution in [1.82, 2.24) is 9.88 Å². The van der Waals surface area contributed by atoms with Crippen LogP contribution in [0.2, 0.25) is 0 Å². The van der Waals surface area contributed by atoms with Crippen molar-refractivity contribution in [3.8, 4) is 0 Å². The second-order valence-electron chi connectivity index (χ2n) is 8.68. The molecule has 1 aromatic heterocycles. The zero-order chi connectivity index (χ0) is 22.3. The number of fused-ring (bicyclic) bond motifs is 3. The van der Waals surface area contributed by atoms with Crippen LogP contribution in [-0.4, -0.2) is 33.5 Å². The topological polar surface area (TPSA) is 56.3 Å². The van der Waals surface area contributed by atoms with Gasteiger partial charge in [-0.05, 0) is 54.7 Å². The first-order chi connectivity index (χ1) is 14.8. The van der Waals surface area contributed by atoms with E-state index in [1.54, 1.807) is 0 Å². The van der Waals surface area contributed by atoms with E-state index in [0.29, 0.717) is 12.5 Å². The Kier molecular flexibility index (Phi) is 5.67. The van der Waals surface area contributed by atoms with Crippen LogP contribution in [-0.2, 0) is 11.2 Å². The average Bonchev–Trinajstić information content (AvgIpc) is 3.06. The first kappa shape index (κ1) is 21.2. The normalized spacial score (nSPS) is 19.4. The van der Waals surface area contributed by atoms with Gasteiger partial charge in [-0.3, -0.25) is 4.90 Å². The molecule has 0 saturated heterocycles. The number of para-hydroxylation sites is 1. The molecule has 6 heteroatoms. The molecule has 2 N–H and O–H groups in total. The number of rotatable bonds is 5. The molecule has 0 fully saturated rings. The smallest absolute Gasteiger partial charge is 0.328 e. The van der Waals surface area contributed by atoms with Gasteiger partial charge in [0.1, 0.15) is 11.6 Å². The Morgan fingerprint density at radius 1 is 1.26 bits per heavy atom. The van der Waals surface area contributed by atoms with Crippen molar-refractivity contribution in [3.05, 3.63) is 76.5 Å². The van der Waals surface area contributed by atoms with Gasteiger partial charge in [-0.2, -0.15) is 0 Å². The van der Waals surface area contributed by atoms with Gasteiger partial charge in [-0.1, -0.05) is 32.0 Å². The molecule has 162 valence electrons. The van der Waals surface area contributed by atoms with Crippen LogP contribution in [0.3, 0.4) is 0 Å². The molecule has 3 aromatic rings. The fraction of sp³-hybridized carbons (Fsp3) is 0.320. The van der Waals surface area contributed by atoms with E-state index >= 15 is 8.78 Å². The molecule has 0 radical (unpaired) electrons. The number of hydrogen-bond donors (Lipinski definition) is 2. The van der Waals surface area contributed by atoms with E-state index in [2.05, 4.69) is 30.7 Å². The van der Waals surface area contributed by atoms with Gasteiger partial charge in [0.25, 0.3) is 0 Å². The predicted octanol–water partition coefficient (Wildman–Crippen LogP) is 5.54. The van der Waals surface area contributed by atoms with Crippen LogP contribution in [0.4, 0.5) is 8.78 Å². The van der Waals surface area contributed by atoms with Gasteiger partial charge < -0.3 is 10.1 Å². The summed E-state index contributed by atoms with van der Waals surface area (Å²) in [5.41, 5.74) is 3.05. The van der Waals surface area contributed by atoms with Crippen molar-refractivity contribution in [1.29, 1.82) is 0 Å². The number of carboxylic acids is 1. The van der Waals surface area contributed by atoms with Crippen molar-refractivity contribution in [3.63, 3.8) is 0 Å². The fourth-order valence-corrected chi connectivity index (χ4v) is 4.65. The maximum atomic E-state index is 15.3. The lowest BCUT2D eigenvalue weighted by Gasteiger charge is -2.42. The van der Waals surface area contributed by atoms with E-state index < -0.39 is 23.6 Å². The minimum atomic E-state index is -1.17. The van der Waals surface area contributed by atoms with Crippen LogP contribution in [0.5, 0.6) is 0 Å². The number of nitrogens with zero attached hydrogens (tertiary/aromatic N) is 1. The molecule has 0 bridgehead atoms. The highest BCUT2D eigenvalue weighted by Gasteiger charge is 2.38. The van der Waals surface area contributed by atoms with E-state index in [0.717, 1.165) is 34.7 Å². The van der Waals surface area contributed by atoms with Gasteiger partial charge in [0.15, 0.2) is 0 Å². The average molecular weight is 424 g/mol. The second-order valence-corrected chi connectivity index (χ2v) is 8.68. The molecule has 0 saturated carbocycles. The molecule has 2 aromatic carbocycles. The number of nitrogens with one attached hydrogen (secondary N) is 1. The van der Waals surface area contributed by atoms with Gasteiger partial charge >= 0.3 is 5.97 Å². The highest BCUT2D eigenvalue weighted by molar-refractivity contribution is 5.86. The molecule has 2 heterocycles. The summed E-state index contributed by atoms with van der Waals surface area (Å²) in [5, 5.41) is 9.90. The number of carbonyl (C=O) groups is 1. The second kappa shape index (κ2) is 8.27. The van der Waals surface area contributed by atoms with Gasteiger partial charge in [0.2, 0.25) is 0 Å². The maximum absolute atomic E-state index is 15.3. The predicted molar refractivity (Wildman–Crippen MR) is 118 cm³/mol. The zero-order valence-corrected chi connectivity index (χ0v) is 17.8. The Labute approximate surface area is 180 Å². The highest BCUT2D eigenvalue weighted by Crippen LogP contribution is 2.42. The molecular weight excluding hydrogens is 398 g/mol. The van der Waals surface area contributed by atoms with Crippen molar-refractivity contribution in [2.24, 2.45) is 5.92 Å². The van der Waals surface area contributed by atoms with E-state index in [9.17, 15) is 4.79 Å². The Bertz CT molecular complexity index is 1140. The SMILES string of the molecule is CC(C)CN1C(C)Cc2c([nH]c3ccccc23)C1c1c(F)cc(C=CC(=O)O)cc1F. The van der Waals surface area contributed by atoms with Gasteiger partial charge in [0, 0.05) is 40.8 Å². The van der Waals surface area contributed by atoms with Crippen molar-refractivity contribution >= 4 is 22.9 Å². The zero-order valence-electron chi connectivity index (χ0n) is 17.8. The van der Waals surface area contributed by atoms with Crippen LogP contribution < -0.4 is 0 Å². The minimum Gasteiger partial charge on any atom is -0.478 e. The van der Waals surface area contributed by atoms with E-state index in [1.165, 1.54) is 18.2 Å². The summed E-state index contributed by atoms with van der Waals surface area (Å²) in [6.07, 6.45) is 2.87. The third-order valence-corrected chi connectivity index (χ3v) is 5.89. The van der Waals surface area contributed by atoms with E-state index in [1.807, 2.05) is 24.3 Å².